The van der Waals surface area contributed by atoms with E-state index in [0.29, 0.717) is 5.52 Å². The fourth-order valence-corrected chi connectivity index (χ4v) is 2.82. The molecular weight excluding hydrogens is 301 g/mol. The molecule has 1 aromatic heterocycles. The summed E-state index contributed by atoms with van der Waals surface area (Å²) in [6.45, 7) is 3.37. The number of hydrogen-bond donors (Lipinski definition) is 1. The van der Waals surface area contributed by atoms with Gasteiger partial charge in [0.2, 0.25) is 0 Å². The lowest BCUT2D eigenvalue weighted by Gasteiger charge is -2.16. The Balaban J connectivity index is 0.00000161. The number of rotatable bonds is 1. The molecule has 21 heavy (non-hydrogen) atoms. The third kappa shape index (κ3) is 2.99. The summed E-state index contributed by atoms with van der Waals surface area (Å²) in [5.74, 6) is 0.128. The zero-order chi connectivity index (χ0) is 14.3. The molecule has 114 valence electrons. The van der Waals surface area contributed by atoms with Crippen molar-refractivity contribution in [3.63, 3.8) is 0 Å². The summed E-state index contributed by atoms with van der Waals surface area (Å²) in [5.41, 5.74) is 1.21. The van der Waals surface area contributed by atoms with Gasteiger partial charge in [-0.1, -0.05) is 18.2 Å². The highest BCUT2D eigenvalue weighted by atomic mass is 35.5. The zero-order valence-electron chi connectivity index (χ0n) is 11.5. The standard InChI is InChI=1S/C15H15F3N2.ClH/c1-9-3-2-4-11-12(10-5-6-19-8-10)7-13(15(16,17)18)20-14(9)11;/h2-4,7,10,19H,5-6,8H2,1H3;1H. The van der Waals surface area contributed by atoms with E-state index in [-0.39, 0.29) is 18.3 Å². The minimum atomic E-state index is -4.41. The fourth-order valence-electron chi connectivity index (χ4n) is 2.82. The van der Waals surface area contributed by atoms with Gasteiger partial charge in [0.25, 0.3) is 0 Å². The number of para-hydroxylation sites is 1. The van der Waals surface area contributed by atoms with E-state index in [2.05, 4.69) is 10.3 Å². The molecule has 6 heteroatoms. The van der Waals surface area contributed by atoms with Gasteiger partial charge in [0.1, 0.15) is 5.69 Å². The van der Waals surface area contributed by atoms with Crippen molar-refractivity contribution in [3.8, 4) is 0 Å². The molecule has 0 amide bonds. The Morgan fingerprint density at radius 2 is 2.05 bits per heavy atom. The van der Waals surface area contributed by atoms with Gasteiger partial charge in [0, 0.05) is 11.9 Å². The third-order valence-corrected chi connectivity index (χ3v) is 3.86. The van der Waals surface area contributed by atoms with Gasteiger partial charge in [-0.3, -0.25) is 0 Å². The molecule has 3 rings (SSSR count). The molecule has 1 aliphatic heterocycles. The number of alkyl halides is 3. The van der Waals surface area contributed by atoms with Crippen LogP contribution in [0.3, 0.4) is 0 Å². The van der Waals surface area contributed by atoms with Crippen LogP contribution < -0.4 is 5.32 Å². The molecule has 1 saturated heterocycles. The van der Waals surface area contributed by atoms with E-state index >= 15 is 0 Å². The topological polar surface area (TPSA) is 24.9 Å². The predicted molar refractivity (Wildman–Crippen MR) is 79.0 cm³/mol. The maximum absolute atomic E-state index is 13.0. The van der Waals surface area contributed by atoms with E-state index in [1.54, 1.807) is 13.0 Å². The molecule has 0 saturated carbocycles. The maximum atomic E-state index is 13.0. The summed E-state index contributed by atoms with van der Waals surface area (Å²) in [6.07, 6.45) is -3.54. The Labute approximate surface area is 127 Å². The smallest absolute Gasteiger partial charge is 0.316 e. The van der Waals surface area contributed by atoms with Crippen molar-refractivity contribution in [2.75, 3.05) is 13.1 Å². The number of benzene rings is 1. The van der Waals surface area contributed by atoms with E-state index in [9.17, 15) is 13.2 Å². The maximum Gasteiger partial charge on any atom is 0.433 e. The third-order valence-electron chi connectivity index (χ3n) is 3.86. The van der Waals surface area contributed by atoms with Crippen LogP contribution in [0.4, 0.5) is 13.2 Å². The number of pyridine rings is 1. The molecule has 0 aliphatic carbocycles. The quantitative estimate of drug-likeness (QED) is 0.858. The average molecular weight is 317 g/mol. The largest absolute Gasteiger partial charge is 0.433 e. The molecule has 1 aromatic carbocycles. The second-order valence-corrected chi connectivity index (χ2v) is 5.26. The Kier molecular flexibility index (Phi) is 4.44. The van der Waals surface area contributed by atoms with E-state index in [1.807, 2.05) is 12.1 Å². The van der Waals surface area contributed by atoms with Crippen molar-refractivity contribution in [2.45, 2.75) is 25.4 Å². The summed E-state index contributed by atoms with van der Waals surface area (Å²) >= 11 is 0. The first-order chi connectivity index (χ1) is 9.47. The van der Waals surface area contributed by atoms with Gasteiger partial charge in [0.15, 0.2) is 0 Å². The second-order valence-electron chi connectivity index (χ2n) is 5.26. The van der Waals surface area contributed by atoms with E-state index < -0.39 is 11.9 Å². The first kappa shape index (κ1) is 16.0. The number of halogens is 4. The summed E-state index contributed by atoms with van der Waals surface area (Å²) in [4.78, 5) is 3.83. The second kappa shape index (κ2) is 5.81. The molecule has 1 aliphatic rings. The first-order valence-corrected chi connectivity index (χ1v) is 6.65. The average Bonchev–Trinajstić information content (AvgIpc) is 2.91. The van der Waals surface area contributed by atoms with Crippen LogP contribution in [0.5, 0.6) is 0 Å². The number of hydrogen-bond acceptors (Lipinski definition) is 2. The fraction of sp³-hybridized carbons (Fsp3) is 0.400. The zero-order valence-corrected chi connectivity index (χ0v) is 12.3. The van der Waals surface area contributed by atoms with Gasteiger partial charge in [-0.25, -0.2) is 4.98 Å². The van der Waals surface area contributed by atoms with E-state index in [4.69, 9.17) is 0 Å². The van der Waals surface area contributed by atoms with Gasteiger partial charge in [-0.15, -0.1) is 12.4 Å². The molecule has 1 atom stereocenters. The van der Waals surface area contributed by atoms with E-state index in [1.165, 1.54) is 6.07 Å². The van der Waals surface area contributed by atoms with Gasteiger partial charge in [-0.2, -0.15) is 13.2 Å². The number of aryl methyl sites for hydroxylation is 1. The summed E-state index contributed by atoms with van der Waals surface area (Å²) < 4.78 is 39.1. The lowest BCUT2D eigenvalue weighted by molar-refractivity contribution is -0.141. The van der Waals surface area contributed by atoms with Gasteiger partial charge in [0.05, 0.1) is 5.52 Å². The Hall–Kier alpha value is -1.33. The molecule has 1 unspecified atom stereocenters. The Morgan fingerprint density at radius 1 is 1.29 bits per heavy atom. The Bertz CT molecular complexity index is 649. The summed E-state index contributed by atoms with van der Waals surface area (Å²) in [6, 6.07) is 6.76. The van der Waals surface area contributed by atoms with Crippen molar-refractivity contribution in [3.05, 3.63) is 41.1 Å². The van der Waals surface area contributed by atoms with E-state index in [0.717, 1.165) is 36.0 Å². The van der Waals surface area contributed by atoms with Crippen LogP contribution in [-0.2, 0) is 6.18 Å². The number of nitrogens with one attached hydrogen (secondary N) is 1. The molecule has 1 N–H and O–H groups in total. The molecule has 2 nitrogen and oxygen atoms in total. The first-order valence-electron chi connectivity index (χ1n) is 6.65. The van der Waals surface area contributed by atoms with Crippen LogP contribution in [0.15, 0.2) is 24.3 Å². The minimum absolute atomic E-state index is 0. The molecule has 0 bridgehead atoms. The monoisotopic (exact) mass is 316 g/mol. The van der Waals surface area contributed by atoms with Crippen LogP contribution in [0.2, 0.25) is 0 Å². The normalized spacial score (nSPS) is 18.8. The highest BCUT2D eigenvalue weighted by Crippen LogP contribution is 2.35. The molecule has 2 heterocycles. The number of fused-ring (bicyclic) bond motifs is 1. The minimum Gasteiger partial charge on any atom is -0.316 e. The van der Waals surface area contributed by atoms with Gasteiger partial charge in [-0.05, 0) is 43.0 Å². The predicted octanol–water partition coefficient (Wildman–Crippen LogP) is 4.06. The SMILES string of the molecule is Cc1cccc2c(C3CCNC3)cc(C(F)(F)F)nc12.Cl. The highest BCUT2D eigenvalue weighted by molar-refractivity contribution is 5.86. The molecule has 2 aromatic rings. The molecule has 1 fully saturated rings. The lowest BCUT2D eigenvalue weighted by Crippen LogP contribution is -2.12. The Morgan fingerprint density at radius 3 is 2.67 bits per heavy atom. The molecular formula is C15H16ClF3N2. The number of aromatic nitrogens is 1. The molecule has 0 spiro atoms. The van der Waals surface area contributed by atoms with Crippen molar-refractivity contribution in [1.82, 2.24) is 10.3 Å². The summed E-state index contributed by atoms with van der Waals surface area (Å²) in [7, 11) is 0. The van der Waals surface area contributed by atoms with Crippen LogP contribution in [0.1, 0.15) is 29.2 Å². The van der Waals surface area contributed by atoms with Crippen LogP contribution >= 0.6 is 12.4 Å². The van der Waals surface area contributed by atoms with Crippen molar-refractivity contribution < 1.29 is 13.2 Å². The van der Waals surface area contributed by atoms with Crippen molar-refractivity contribution >= 4 is 23.3 Å². The van der Waals surface area contributed by atoms with Crippen LogP contribution in [-0.4, -0.2) is 18.1 Å². The van der Waals surface area contributed by atoms with Crippen molar-refractivity contribution in [2.24, 2.45) is 0 Å². The van der Waals surface area contributed by atoms with Gasteiger partial charge < -0.3 is 5.32 Å². The van der Waals surface area contributed by atoms with Crippen LogP contribution in [0, 0.1) is 6.92 Å². The van der Waals surface area contributed by atoms with Crippen molar-refractivity contribution in [1.29, 1.82) is 0 Å². The highest BCUT2D eigenvalue weighted by Gasteiger charge is 2.34. The van der Waals surface area contributed by atoms with Crippen LogP contribution in [0.25, 0.3) is 10.9 Å². The van der Waals surface area contributed by atoms with Gasteiger partial charge >= 0.3 is 6.18 Å². The molecule has 0 radical (unpaired) electrons. The lowest BCUT2D eigenvalue weighted by atomic mass is 9.93. The summed E-state index contributed by atoms with van der Waals surface area (Å²) in [5, 5.41) is 4.05. The number of nitrogens with zero attached hydrogens (tertiary/aromatic N) is 1.